The van der Waals surface area contributed by atoms with Crippen molar-refractivity contribution in [3.8, 4) is 0 Å². The summed E-state index contributed by atoms with van der Waals surface area (Å²) in [6.07, 6.45) is 5.22. The number of pyridine rings is 2. The molecular weight excluding hydrogens is 319 g/mol. The molecule has 0 spiro atoms. The topological polar surface area (TPSA) is 50.3 Å². The Balaban J connectivity index is 1.57. The largest absolute Gasteiger partial charge is 0.372 e. The molecule has 0 amide bonds. The predicted molar refractivity (Wildman–Crippen MR) is 95.9 cm³/mol. The van der Waals surface area contributed by atoms with Crippen LogP contribution >= 0.6 is 0 Å². The summed E-state index contributed by atoms with van der Waals surface area (Å²) in [5, 5.41) is 3.38. The molecule has 2 aromatic rings. The Labute approximate surface area is 148 Å². The summed E-state index contributed by atoms with van der Waals surface area (Å²) in [5.74, 6) is 0.666. The standard InChI is InChI=1S/C19H25FN4O/c1-13-11-24(12-14(2)25-13)19-5-4-16(8-23-19)7-22-15(3)17-6-18(20)10-21-9-17/h4-6,8-10,13-15,22H,7,11-12H2,1-3H3. The third-order valence-corrected chi connectivity index (χ3v) is 4.39. The van der Waals surface area contributed by atoms with Gasteiger partial charge in [-0.05, 0) is 44.0 Å². The fourth-order valence-electron chi connectivity index (χ4n) is 3.13. The lowest BCUT2D eigenvalue weighted by molar-refractivity contribution is -0.00545. The number of morpholine rings is 1. The number of nitrogens with zero attached hydrogens (tertiary/aromatic N) is 3. The lowest BCUT2D eigenvalue weighted by Crippen LogP contribution is -2.45. The van der Waals surface area contributed by atoms with E-state index in [2.05, 4.69) is 46.2 Å². The third kappa shape index (κ3) is 4.74. The molecule has 134 valence electrons. The van der Waals surface area contributed by atoms with E-state index in [0.717, 1.165) is 30.0 Å². The number of hydrogen-bond donors (Lipinski definition) is 1. The van der Waals surface area contributed by atoms with Gasteiger partial charge in [0, 0.05) is 38.1 Å². The van der Waals surface area contributed by atoms with E-state index >= 15 is 0 Å². The monoisotopic (exact) mass is 344 g/mol. The smallest absolute Gasteiger partial charge is 0.141 e. The van der Waals surface area contributed by atoms with Crippen LogP contribution in [0, 0.1) is 5.82 Å². The third-order valence-electron chi connectivity index (χ3n) is 4.39. The van der Waals surface area contributed by atoms with Crippen molar-refractivity contribution in [1.29, 1.82) is 0 Å². The van der Waals surface area contributed by atoms with Gasteiger partial charge in [-0.3, -0.25) is 4.98 Å². The molecule has 3 heterocycles. The Bertz CT molecular complexity index is 684. The first-order valence-electron chi connectivity index (χ1n) is 8.70. The second-order valence-corrected chi connectivity index (χ2v) is 6.73. The lowest BCUT2D eigenvalue weighted by Gasteiger charge is -2.36. The molecule has 1 N–H and O–H groups in total. The molecule has 5 nitrogen and oxygen atoms in total. The molecule has 0 aromatic carbocycles. The zero-order valence-corrected chi connectivity index (χ0v) is 14.9. The van der Waals surface area contributed by atoms with Crippen molar-refractivity contribution < 1.29 is 9.13 Å². The summed E-state index contributed by atoms with van der Waals surface area (Å²) in [7, 11) is 0. The molecule has 0 saturated carbocycles. The molecule has 25 heavy (non-hydrogen) atoms. The molecule has 1 fully saturated rings. The quantitative estimate of drug-likeness (QED) is 0.903. The average Bonchev–Trinajstić information content (AvgIpc) is 2.59. The summed E-state index contributed by atoms with van der Waals surface area (Å²) in [6, 6.07) is 5.66. The Morgan fingerprint density at radius 2 is 2.00 bits per heavy atom. The maximum absolute atomic E-state index is 13.3. The normalized spacial score (nSPS) is 22.0. The molecule has 2 aromatic heterocycles. The summed E-state index contributed by atoms with van der Waals surface area (Å²) in [6.45, 7) is 8.56. The van der Waals surface area contributed by atoms with Crippen molar-refractivity contribution in [2.24, 2.45) is 0 Å². The van der Waals surface area contributed by atoms with Gasteiger partial charge in [0.15, 0.2) is 0 Å². The number of hydrogen-bond acceptors (Lipinski definition) is 5. The molecule has 6 heteroatoms. The lowest BCUT2D eigenvalue weighted by atomic mass is 10.1. The van der Waals surface area contributed by atoms with Gasteiger partial charge in [-0.2, -0.15) is 0 Å². The minimum atomic E-state index is -0.314. The van der Waals surface area contributed by atoms with E-state index in [9.17, 15) is 4.39 Å². The molecule has 3 unspecified atom stereocenters. The van der Waals surface area contributed by atoms with Crippen LogP contribution in [0.1, 0.15) is 37.9 Å². The van der Waals surface area contributed by atoms with Crippen LogP contribution in [0.2, 0.25) is 0 Å². The van der Waals surface area contributed by atoms with E-state index < -0.39 is 0 Å². The summed E-state index contributed by atoms with van der Waals surface area (Å²) < 4.78 is 19.0. The van der Waals surface area contributed by atoms with E-state index in [-0.39, 0.29) is 24.1 Å². The first kappa shape index (κ1) is 17.8. The van der Waals surface area contributed by atoms with Crippen molar-refractivity contribution >= 4 is 5.82 Å². The van der Waals surface area contributed by atoms with E-state index in [1.165, 1.54) is 12.3 Å². The molecular formula is C19H25FN4O. The zero-order valence-electron chi connectivity index (χ0n) is 14.9. The van der Waals surface area contributed by atoms with Gasteiger partial charge < -0.3 is 15.0 Å². The fraction of sp³-hybridized carbons (Fsp3) is 0.474. The molecule has 3 rings (SSSR count). The summed E-state index contributed by atoms with van der Waals surface area (Å²) >= 11 is 0. The highest BCUT2D eigenvalue weighted by Crippen LogP contribution is 2.19. The molecule has 0 radical (unpaired) electrons. The van der Waals surface area contributed by atoms with Gasteiger partial charge in [0.05, 0.1) is 18.4 Å². The number of aromatic nitrogens is 2. The minimum absolute atomic E-state index is 0.0174. The van der Waals surface area contributed by atoms with E-state index in [0.29, 0.717) is 6.54 Å². The van der Waals surface area contributed by atoms with Gasteiger partial charge in [0.25, 0.3) is 0 Å². The Morgan fingerprint density at radius 1 is 1.24 bits per heavy atom. The van der Waals surface area contributed by atoms with Crippen molar-refractivity contribution in [1.82, 2.24) is 15.3 Å². The van der Waals surface area contributed by atoms with Gasteiger partial charge in [0.1, 0.15) is 11.6 Å². The fourth-order valence-corrected chi connectivity index (χ4v) is 3.13. The highest BCUT2D eigenvalue weighted by molar-refractivity contribution is 5.40. The highest BCUT2D eigenvalue weighted by Gasteiger charge is 2.22. The summed E-state index contributed by atoms with van der Waals surface area (Å²) in [4.78, 5) is 10.7. The van der Waals surface area contributed by atoms with Gasteiger partial charge in [-0.15, -0.1) is 0 Å². The average molecular weight is 344 g/mol. The maximum atomic E-state index is 13.3. The van der Waals surface area contributed by atoms with Crippen LogP contribution < -0.4 is 10.2 Å². The second kappa shape index (κ2) is 7.89. The van der Waals surface area contributed by atoms with Crippen LogP contribution in [-0.4, -0.2) is 35.3 Å². The Kier molecular flexibility index (Phi) is 5.60. The van der Waals surface area contributed by atoms with Gasteiger partial charge in [-0.1, -0.05) is 6.07 Å². The van der Waals surface area contributed by atoms with Crippen LogP contribution in [0.3, 0.4) is 0 Å². The first-order valence-corrected chi connectivity index (χ1v) is 8.70. The van der Waals surface area contributed by atoms with Crippen LogP contribution in [0.25, 0.3) is 0 Å². The second-order valence-electron chi connectivity index (χ2n) is 6.73. The SMILES string of the molecule is CC1CN(c2ccc(CNC(C)c3cncc(F)c3)cn2)CC(C)O1. The minimum Gasteiger partial charge on any atom is -0.372 e. The number of halogens is 1. The molecule has 3 atom stereocenters. The van der Waals surface area contributed by atoms with Gasteiger partial charge in [-0.25, -0.2) is 9.37 Å². The number of ether oxygens (including phenoxy) is 1. The van der Waals surface area contributed by atoms with Gasteiger partial charge >= 0.3 is 0 Å². The Hall–Kier alpha value is -2.05. The molecule has 1 aliphatic heterocycles. The van der Waals surface area contributed by atoms with Crippen molar-refractivity contribution in [2.75, 3.05) is 18.0 Å². The predicted octanol–water partition coefficient (Wildman–Crippen LogP) is 3.08. The van der Waals surface area contributed by atoms with Crippen LogP contribution in [0.4, 0.5) is 10.2 Å². The Morgan fingerprint density at radius 3 is 2.64 bits per heavy atom. The molecule has 1 saturated heterocycles. The number of nitrogens with one attached hydrogen (secondary N) is 1. The van der Waals surface area contributed by atoms with Gasteiger partial charge in [0.2, 0.25) is 0 Å². The van der Waals surface area contributed by atoms with Crippen LogP contribution in [-0.2, 0) is 11.3 Å². The first-order chi connectivity index (χ1) is 12.0. The maximum Gasteiger partial charge on any atom is 0.141 e. The van der Waals surface area contributed by atoms with E-state index in [1.54, 1.807) is 6.20 Å². The van der Waals surface area contributed by atoms with Crippen LogP contribution in [0.15, 0.2) is 36.8 Å². The molecule has 1 aliphatic rings. The van der Waals surface area contributed by atoms with E-state index in [4.69, 9.17) is 4.74 Å². The van der Waals surface area contributed by atoms with Crippen LogP contribution in [0.5, 0.6) is 0 Å². The number of anilines is 1. The summed E-state index contributed by atoms with van der Waals surface area (Å²) in [5.41, 5.74) is 1.93. The van der Waals surface area contributed by atoms with E-state index in [1.807, 2.05) is 13.1 Å². The number of rotatable bonds is 5. The zero-order chi connectivity index (χ0) is 17.8. The molecule has 0 bridgehead atoms. The molecule has 0 aliphatic carbocycles. The highest BCUT2D eigenvalue weighted by atomic mass is 19.1. The van der Waals surface area contributed by atoms with Crippen molar-refractivity contribution in [3.63, 3.8) is 0 Å². The van der Waals surface area contributed by atoms with Crippen molar-refractivity contribution in [3.05, 3.63) is 53.7 Å². The van der Waals surface area contributed by atoms with Crippen molar-refractivity contribution in [2.45, 2.75) is 45.6 Å².